The van der Waals surface area contributed by atoms with Gasteiger partial charge in [-0.3, -0.25) is 4.98 Å². The van der Waals surface area contributed by atoms with Crippen molar-refractivity contribution in [1.29, 1.82) is 0 Å². The first kappa shape index (κ1) is 13.5. The smallest absolute Gasteiger partial charge is 0.0965 e. The topological polar surface area (TPSA) is 55.6 Å². The molecule has 0 spiro atoms. The first-order valence-corrected chi connectivity index (χ1v) is 6.94. The van der Waals surface area contributed by atoms with E-state index in [9.17, 15) is 0 Å². The Morgan fingerprint density at radius 1 is 0.905 bits per heavy atom. The van der Waals surface area contributed by atoms with Crippen LogP contribution < -0.4 is 5.32 Å². The zero-order valence-corrected chi connectivity index (χ0v) is 11.7. The van der Waals surface area contributed by atoms with Gasteiger partial charge in [-0.2, -0.15) is 0 Å². The van der Waals surface area contributed by atoms with Crippen molar-refractivity contribution in [2.24, 2.45) is 0 Å². The molecule has 5 heteroatoms. The first-order valence-electron chi connectivity index (χ1n) is 6.94. The Labute approximate surface area is 123 Å². The lowest BCUT2D eigenvalue weighted by molar-refractivity contribution is 0.645. The van der Waals surface area contributed by atoms with E-state index in [1.165, 1.54) is 5.56 Å². The SMILES string of the molecule is c1ccc(Cn2cc(CNCc3ccccn3)nn2)cc1. The number of pyridine rings is 1. The normalized spacial score (nSPS) is 10.7. The van der Waals surface area contributed by atoms with Gasteiger partial charge in [0.1, 0.15) is 0 Å². The highest BCUT2D eigenvalue weighted by molar-refractivity contribution is 5.14. The number of rotatable bonds is 6. The Morgan fingerprint density at radius 2 is 1.71 bits per heavy atom. The molecular formula is C16H17N5. The van der Waals surface area contributed by atoms with Gasteiger partial charge in [-0.15, -0.1) is 5.10 Å². The maximum atomic E-state index is 4.27. The Kier molecular flexibility index (Phi) is 4.33. The molecule has 106 valence electrons. The van der Waals surface area contributed by atoms with Gasteiger partial charge in [-0.05, 0) is 17.7 Å². The molecule has 1 aromatic carbocycles. The summed E-state index contributed by atoms with van der Waals surface area (Å²) in [6.45, 7) is 2.16. The molecule has 0 saturated heterocycles. The van der Waals surface area contributed by atoms with E-state index in [2.05, 4.69) is 32.7 Å². The van der Waals surface area contributed by atoms with Crippen LogP contribution in [0.4, 0.5) is 0 Å². The molecule has 0 aliphatic carbocycles. The number of hydrogen-bond acceptors (Lipinski definition) is 4. The Balaban J connectivity index is 1.51. The van der Waals surface area contributed by atoms with Crippen LogP contribution in [-0.4, -0.2) is 20.0 Å². The summed E-state index contributed by atoms with van der Waals surface area (Å²) >= 11 is 0. The summed E-state index contributed by atoms with van der Waals surface area (Å²) in [7, 11) is 0. The van der Waals surface area contributed by atoms with Gasteiger partial charge in [0.05, 0.1) is 24.1 Å². The van der Waals surface area contributed by atoms with Crippen LogP contribution in [0.1, 0.15) is 17.0 Å². The molecule has 2 heterocycles. The minimum Gasteiger partial charge on any atom is -0.305 e. The third-order valence-electron chi connectivity index (χ3n) is 3.11. The molecule has 1 N–H and O–H groups in total. The molecule has 0 bridgehead atoms. The third-order valence-corrected chi connectivity index (χ3v) is 3.11. The Morgan fingerprint density at radius 3 is 2.52 bits per heavy atom. The van der Waals surface area contributed by atoms with E-state index in [1.807, 2.05) is 47.3 Å². The predicted octanol–water partition coefficient (Wildman–Crippen LogP) is 2.01. The van der Waals surface area contributed by atoms with Crippen molar-refractivity contribution >= 4 is 0 Å². The van der Waals surface area contributed by atoms with E-state index in [-0.39, 0.29) is 0 Å². The van der Waals surface area contributed by atoms with Crippen molar-refractivity contribution in [3.8, 4) is 0 Å². The van der Waals surface area contributed by atoms with E-state index in [0.29, 0.717) is 6.54 Å². The second-order valence-corrected chi connectivity index (χ2v) is 4.82. The molecule has 0 radical (unpaired) electrons. The van der Waals surface area contributed by atoms with E-state index >= 15 is 0 Å². The Bertz CT molecular complexity index is 663. The van der Waals surface area contributed by atoms with E-state index in [4.69, 9.17) is 0 Å². The minimum absolute atomic E-state index is 0.686. The van der Waals surface area contributed by atoms with E-state index in [0.717, 1.165) is 24.5 Å². The molecule has 0 aliphatic heterocycles. The molecular weight excluding hydrogens is 262 g/mol. The van der Waals surface area contributed by atoms with Crippen LogP contribution in [0.15, 0.2) is 60.9 Å². The van der Waals surface area contributed by atoms with Crippen LogP contribution in [-0.2, 0) is 19.6 Å². The van der Waals surface area contributed by atoms with Gasteiger partial charge >= 0.3 is 0 Å². The average molecular weight is 279 g/mol. The molecule has 2 aromatic heterocycles. The van der Waals surface area contributed by atoms with Crippen LogP contribution in [0.2, 0.25) is 0 Å². The first-order chi connectivity index (χ1) is 10.4. The van der Waals surface area contributed by atoms with Crippen LogP contribution >= 0.6 is 0 Å². The van der Waals surface area contributed by atoms with Gasteiger partial charge in [0.15, 0.2) is 0 Å². The van der Waals surface area contributed by atoms with E-state index in [1.54, 1.807) is 6.20 Å². The standard InChI is InChI=1S/C16H17N5/c1-2-6-14(7-3-1)12-21-13-16(19-20-21)11-17-10-15-8-4-5-9-18-15/h1-9,13,17H,10-12H2. The lowest BCUT2D eigenvalue weighted by atomic mass is 10.2. The monoisotopic (exact) mass is 279 g/mol. The molecule has 21 heavy (non-hydrogen) atoms. The summed E-state index contributed by atoms with van der Waals surface area (Å²) < 4.78 is 1.85. The number of nitrogens with one attached hydrogen (secondary N) is 1. The molecule has 0 unspecified atom stereocenters. The number of hydrogen-bond donors (Lipinski definition) is 1. The van der Waals surface area contributed by atoms with Gasteiger partial charge in [0.2, 0.25) is 0 Å². The quantitative estimate of drug-likeness (QED) is 0.750. The zero-order chi connectivity index (χ0) is 14.3. The highest BCUT2D eigenvalue weighted by Gasteiger charge is 2.01. The molecule has 3 aromatic rings. The summed E-state index contributed by atoms with van der Waals surface area (Å²) in [4.78, 5) is 4.27. The second-order valence-electron chi connectivity index (χ2n) is 4.82. The highest BCUT2D eigenvalue weighted by atomic mass is 15.4. The molecule has 0 aliphatic rings. The van der Waals surface area contributed by atoms with Crippen molar-refractivity contribution in [2.45, 2.75) is 19.6 Å². The maximum Gasteiger partial charge on any atom is 0.0965 e. The summed E-state index contributed by atoms with van der Waals surface area (Å²) in [6, 6.07) is 16.1. The molecule has 0 atom stereocenters. The maximum absolute atomic E-state index is 4.27. The lowest BCUT2D eigenvalue weighted by Crippen LogP contribution is -2.13. The summed E-state index contributed by atoms with van der Waals surface area (Å²) in [5.41, 5.74) is 3.17. The molecule has 3 rings (SSSR count). The number of aromatic nitrogens is 4. The van der Waals surface area contributed by atoms with Crippen LogP contribution in [0.3, 0.4) is 0 Å². The van der Waals surface area contributed by atoms with Crippen LogP contribution in [0.5, 0.6) is 0 Å². The second kappa shape index (κ2) is 6.76. The van der Waals surface area contributed by atoms with Gasteiger partial charge in [-0.1, -0.05) is 41.6 Å². The van der Waals surface area contributed by atoms with Crippen molar-refractivity contribution in [2.75, 3.05) is 0 Å². The Hall–Kier alpha value is -2.53. The molecule has 5 nitrogen and oxygen atoms in total. The largest absolute Gasteiger partial charge is 0.305 e. The van der Waals surface area contributed by atoms with Gasteiger partial charge in [0.25, 0.3) is 0 Å². The molecule has 0 saturated carbocycles. The van der Waals surface area contributed by atoms with Crippen LogP contribution in [0.25, 0.3) is 0 Å². The predicted molar refractivity (Wildman–Crippen MR) is 80.3 cm³/mol. The summed E-state index contributed by atoms with van der Waals surface area (Å²) in [5, 5.41) is 11.6. The number of benzene rings is 1. The van der Waals surface area contributed by atoms with Gasteiger partial charge in [0, 0.05) is 19.3 Å². The van der Waals surface area contributed by atoms with Crippen molar-refractivity contribution in [1.82, 2.24) is 25.3 Å². The van der Waals surface area contributed by atoms with Crippen LogP contribution in [0, 0.1) is 0 Å². The third kappa shape index (κ3) is 3.97. The van der Waals surface area contributed by atoms with Crippen molar-refractivity contribution < 1.29 is 0 Å². The fraction of sp³-hybridized carbons (Fsp3) is 0.188. The average Bonchev–Trinajstić information content (AvgIpc) is 2.97. The minimum atomic E-state index is 0.686. The highest BCUT2D eigenvalue weighted by Crippen LogP contribution is 2.02. The summed E-state index contributed by atoms with van der Waals surface area (Å²) in [6.07, 6.45) is 3.77. The molecule has 0 amide bonds. The van der Waals surface area contributed by atoms with Crippen molar-refractivity contribution in [3.63, 3.8) is 0 Å². The van der Waals surface area contributed by atoms with E-state index < -0.39 is 0 Å². The summed E-state index contributed by atoms with van der Waals surface area (Å²) in [5.74, 6) is 0. The zero-order valence-electron chi connectivity index (χ0n) is 11.7. The fourth-order valence-corrected chi connectivity index (χ4v) is 2.09. The van der Waals surface area contributed by atoms with Gasteiger partial charge in [-0.25, -0.2) is 4.68 Å². The lowest BCUT2D eigenvalue weighted by Gasteiger charge is -2.01. The van der Waals surface area contributed by atoms with Gasteiger partial charge < -0.3 is 5.32 Å². The molecule has 0 fully saturated rings. The fourth-order valence-electron chi connectivity index (χ4n) is 2.09. The van der Waals surface area contributed by atoms with Crippen molar-refractivity contribution in [3.05, 3.63) is 77.9 Å². The number of nitrogens with zero attached hydrogens (tertiary/aromatic N) is 4.